The van der Waals surface area contributed by atoms with Gasteiger partial charge in [0.1, 0.15) is 5.84 Å². The highest BCUT2D eigenvalue weighted by Gasteiger charge is 2.38. The second-order valence-electron chi connectivity index (χ2n) is 7.19. The SMILES string of the molecule is C=CN=C1NC(=O)SC1=CC1CCN(Cc2ccc(C(F)(F)F)cc2C(F)(F)F)CC1. The van der Waals surface area contributed by atoms with Crippen LogP contribution >= 0.6 is 11.8 Å². The quantitative estimate of drug-likeness (QED) is 0.573. The maximum absolute atomic E-state index is 13.3. The summed E-state index contributed by atoms with van der Waals surface area (Å²) in [5.74, 6) is 0.531. The van der Waals surface area contributed by atoms with Crippen molar-refractivity contribution in [1.29, 1.82) is 0 Å². The molecule has 0 atom stereocenters. The fourth-order valence-corrected chi connectivity index (χ4v) is 4.33. The van der Waals surface area contributed by atoms with Crippen LogP contribution < -0.4 is 5.32 Å². The van der Waals surface area contributed by atoms with Crippen LogP contribution in [0, 0.1) is 5.92 Å². The van der Waals surface area contributed by atoms with Gasteiger partial charge in [-0.05, 0) is 61.3 Å². The van der Waals surface area contributed by atoms with Crippen molar-refractivity contribution in [2.24, 2.45) is 10.9 Å². The number of aliphatic imine (C=N–C) groups is 1. The second-order valence-corrected chi connectivity index (χ2v) is 8.20. The largest absolute Gasteiger partial charge is 0.416 e. The molecular weight excluding hydrogens is 444 g/mol. The molecule has 0 bridgehead atoms. The molecule has 0 unspecified atom stereocenters. The van der Waals surface area contributed by atoms with Gasteiger partial charge in [-0.15, -0.1) is 0 Å². The lowest BCUT2D eigenvalue weighted by Crippen LogP contribution is -2.33. The molecule has 11 heteroatoms. The molecule has 2 fully saturated rings. The fraction of sp³-hybridized carbons (Fsp3) is 0.400. The van der Waals surface area contributed by atoms with Crippen molar-refractivity contribution in [2.75, 3.05) is 13.1 Å². The first-order valence-electron chi connectivity index (χ1n) is 9.37. The van der Waals surface area contributed by atoms with Gasteiger partial charge in [0.2, 0.25) is 0 Å². The minimum Gasteiger partial charge on any atom is -0.300 e. The molecule has 168 valence electrons. The van der Waals surface area contributed by atoms with E-state index in [4.69, 9.17) is 0 Å². The lowest BCUT2D eigenvalue weighted by molar-refractivity contribution is -0.143. The molecule has 0 aliphatic carbocycles. The topological polar surface area (TPSA) is 44.7 Å². The van der Waals surface area contributed by atoms with Crippen LogP contribution in [-0.2, 0) is 18.9 Å². The molecule has 2 saturated heterocycles. The number of amides is 1. The van der Waals surface area contributed by atoms with Crippen LogP contribution in [0.4, 0.5) is 31.1 Å². The Morgan fingerprint density at radius 2 is 1.84 bits per heavy atom. The summed E-state index contributed by atoms with van der Waals surface area (Å²) in [7, 11) is 0. The zero-order valence-corrected chi connectivity index (χ0v) is 17.0. The monoisotopic (exact) mass is 463 g/mol. The molecule has 0 saturated carbocycles. The summed E-state index contributed by atoms with van der Waals surface area (Å²) in [6.45, 7) is 4.37. The number of piperidine rings is 1. The number of carbonyl (C=O) groups is 1. The van der Waals surface area contributed by atoms with Gasteiger partial charge < -0.3 is 5.32 Å². The van der Waals surface area contributed by atoms with Crippen LogP contribution in [0.15, 0.2) is 47.0 Å². The predicted molar refractivity (Wildman–Crippen MR) is 106 cm³/mol. The highest BCUT2D eigenvalue weighted by Crippen LogP contribution is 2.38. The zero-order valence-electron chi connectivity index (χ0n) is 16.2. The van der Waals surface area contributed by atoms with E-state index in [-0.39, 0.29) is 29.3 Å². The Labute approximate surface area is 179 Å². The molecule has 1 aromatic rings. The van der Waals surface area contributed by atoms with Crippen molar-refractivity contribution in [3.05, 3.63) is 58.6 Å². The zero-order chi connectivity index (χ0) is 22.8. The van der Waals surface area contributed by atoms with Crippen LogP contribution in [0.3, 0.4) is 0 Å². The minimum absolute atomic E-state index is 0.0891. The second kappa shape index (κ2) is 9.07. The Hall–Kier alpha value is -2.27. The maximum Gasteiger partial charge on any atom is 0.416 e. The van der Waals surface area contributed by atoms with E-state index >= 15 is 0 Å². The molecule has 0 spiro atoms. The van der Waals surface area contributed by atoms with Gasteiger partial charge in [-0.1, -0.05) is 18.7 Å². The molecule has 1 N–H and O–H groups in total. The van der Waals surface area contributed by atoms with E-state index in [9.17, 15) is 31.1 Å². The Kier molecular flexibility index (Phi) is 6.85. The number of carbonyl (C=O) groups excluding carboxylic acids is 1. The van der Waals surface area contributed by atoms with Gasteiger partial charge in [0.05, 0.1) is 16.0 Å². The summed E-state index contributed by atoms with van der Waals surface area (Å²) in [6, 6.07) is 1.77. The standard InChI is InChI=1S/C20H19F6N3OS/c1-2-27-17-16(31-18(30)28-17)9-12-5-7-29(8-6-12)11-13-3-4-14(19(21,22)23)10-15(13)20(24,25)26/h2-4,9-10,12H,1,5-8,11H2,(H,27,28,30). The Morgan fingerprint density at radius 1 is 1.16 bits per heavy atom. The van der Waals surface area contributed by atoms with Gasteiger partial charge in [-0.25, -0.2) is 4.99 Å². The van der Waals surface area contributed by atoms with Crippen molar-refractivity contribution < 1.29 is 31.1 Å². The Balaban J connectivity index is 1.69. The summed E-state index contributed by atoms with van der Waals surface area (Å²) in [5.41, 5.74) is -2.76. The normalized spacial score (nSPS) is 21.7. The number of hydrogen-bond acceptors (Lipinski definition) is 4. The number of nitrogens with one attached hydrogen (secondary N) is 1. The van der Waals surface area contributed by atoms with Crippen molar-refractivity contribution in [3.8, 4) is 0 Å². The number of nitrogens with zero attached hydrogens (tertiary/aromatic N) is 2. The average molecular weight is 463 g/mol. The Bertz CT molecular complexity index is 914. The first kappa shape index (κ1) is 23.4. The molecule has 2 aliphatic rings. The molecule has 1 aromatic carbocycles. The van der Waals surface area contributed by atoms with Crippen molar-refractivity contribution in [2.45, 2.75) is 31.7 Å². The number of likely N-dealkylation sites (tertiary alicyclic amines) is 1. The number of amidine groups is 1. The van der Waals surface area contributed by atoms with Gasteiger partial charge in [0.15, 0.2) is 0 Å². The molecule has 31 heavy (non-hydrogen) atoms. The van der Waals surface area contributed by atoms with E-state index in [2.05, 4.69) is 16.9 Å². The summed E-state index contributed by atoms with van der Waals surface area (Å²) >= 11 is 1.02. The first-order chi connectivity index (χ1) is 14.5. The van der Waals surface area contributed by atoms with Gasteiger partial charge in [0.25, 0.3) is 5.24 Å². The van der Waals surface area contributed by atoms with Crippen LogP contribution in [0.2, 0.25) is 0 Å². The fourth-order valence-electron chi connectivity index (χ4n) is 3.52. The molecule has 3 rings (SSSR count). The third kappa shape index (κ3) is 5.91. The van der Waals surface area contributed by atoms with Gasteiger partial charge in [-0.2, -0.15) is 26.3 Å². The number of benzene rings is 1. The predicted octanol–water partition coefficient (Wildman–Crippen LogP) is 5.82. The lowest BCUT2D eigenvalue weighted by atomic mass is 9.95. The minimum atomic E-state index is -4.88. The Morgan fingerprint density at radius 3 is 2.42 bits per heavy atom. The van der Waals surface area contributed by atoms with Crippen LogP contribution in [0.1, 0.15) is 29.5 Å². The number of halogens is 6. The number of hydrogen-bond donors (Lipinski definition) is 1. The van der Waals surface area contributed by atoms with Gasteiger partial charge in [0, 0.05) is 12.7 Å². The van der Waals surface area contributed by atoms with Crippen LogP contribution in [0.25, 0.3) is 0 Å². The van der Waals surface area contributed by atoms with E-state index in [1.807, 2.05) is 6.08 Å². The maximum atomic E-state index is 13.3. The number of thioether (sulfide) groups is 1. The van der Waals surface area contributed by atoms with Crippen molar-refractivity contribution in [1.82, 2.24) is 10.2 Å². The van der Waals surface area contributed by atoms with Crippen molar-refractivity contribution in [3.63, 3.8) is 0 Å². The smallest absolute Gasteiger partial charge is 0.300 e. The van der Waals surface area contributed by atoms with Crippen LogP contribution in [-0.4, -0.2) is 29.1 Å². The van der Waals surface area contributed by atoms with Gasteiger partial charge in [-0.3, -0.25) is 9.69 Å². The highest BCUT2D eigenvalue weighted by molar-refractivity contribution is 8.18. The number of rotatable bonds is 4. The average Bonchev–Trinajstić information content (AvgIpc) is 3.01. The molecule has 0 radical (unpaired) electrons. The summed E-state index contributed by atoms with van der Waals surface area (Å²) in [5, 5.41) is 2.36. The van der Waals surface area contributed by atoms with E-state index in [0.717, 1.165) is 17.8 Å². The lowest BCUT2D eigenvalue weighted by Gasteiger charge is -2.31. The van der Waals surface area contributed by atoms with E-state index in [1.54, 1.807) is 4.90 Å². The summed E-state index contributed by atoms with van der Waals surface area (Å²) in [4.78, 5) is 18.0. The van der Waals surface area contributed by atoms with Gasteiger partial charge >= 0.3 is 12.4 Å². The van der Waals surface area contributed by atoms with E-state index in [0.29, 0.717) is 42.7 Å². The third-order valence-corrected chi connectivity index (χ3v) is 5.87. The molecule has 4 nitrogen and oxygen atoms in total. The number of alkyl halides is 6. The molecule has 0 aromatic heterocycles. The van der Waals surface area contributed by atoms with Crippen molar-refractivity contribution >= 4 is 22.8 Å². The molecule has 2 aliphatic heterocycles. The van der Waals surface area contributed by atoms with E-state index < -0.39 is 23.5 Å². The van der Waals surface area contributed by atoms with Crippen LogP contribution in [0.5, 0.6) is 0 Å². The van der Waals surface area contributed by atoms with E-state index in [1.165, 1.54) is 6.20 Å². The first-order valence-corrected chi connectivity index (χ1v) is 10.2. The summed E-state index contributed by atoms with van der Waals surface area (Å²) < 4.78 is 78.5. The highest BCUT2D eigenvalue weighted by atomic mass is 32.2. The molecule has 2 heterocycles. The molecular formula is C20H19F6N3OS. The molecule has 1 amide bonds. The third-order valence-electron chi connectivity index (χ3n) is 5.03. The number of allylic oxidation sites excluding steroid dienone is 1. The summed E-state index contributed by atoms with van der Waals surface area (Å²) in [6.07, 6.45) is -5.20.